The number of hydrogen-bond donors (Lipinski definition) is 2. The van der Waals surface area contributed by atoms with Crippen molar-refractivity contribution in [2.45, 2.75) is 45.1 Å². The van der Waals surface area contributed by atoms with Gasteiger partial charge in [-0.15, -0.1) is 11.3 Å². The molecule has 3 N–H and O–H groups in total. The molecule has 0 saturated carbocycles. The van der Waals surface area contributed by atoms with Gasteiger partial charge in [-0.1, -0.05) is 30.3 Å². The molecule has 0 unspecified atom stereocenters. The number of carbonyl (C=O) groups excluding carboxylic acids is 4. The minimum Gasteiger partial charge on any atom is -0.453 e. The zero-order chi connectivity index (χ0) is 21.0. The standard InChI is InChI=1S/C21H22N2O5S/c1-12(28-17(25)11-10-15(24)13-6-3-2-4-7-13)20(27)23-21-18(19(22)26)14-8-5-9-16(14)29-21/h2-4,6-7,12H,5,8-11H2,1H3,(H2,22,26)(H,23,27)/t12-/m1/s1. The van der Waals surface area contributed by atoms with Gasteiger partial charge in [-0.2, -0.15) is 0 Å². The first kappa shape index (κ1) is 20.7. The molecule has 8 heteroatoms. The van der Waals surface area contributed by atoms with E-state index in [-0.39, 0.29) is 18.6 Å². The van der Waals surface area contributed by atoms with Crippen molar-refractivity contribution in [1.82, 2.24) is 0 Å². The summed E-state index contributed by atoms with van der Waals surface area (Å²) in [6.07, 6.45) is 1.40. The van der Waals surface area contributed by atoms with Crippen LogP contribution < -0.4 is 11.1 Å². The highest BCUT2D eigenvalue weighted by atomic mass is 32.1. The Bertz CT molecular complexity index is 951. The van der Waals surface area contributed by atoms with Crippen LogP contribution in [0.4, 0.5) is 5.00 Å². The van der Waals surface area contributed by atoms with Gasteiger partial charge in [0.1, 0.15) is 5.00 Å². The first-order chi connectivity index (χ1) is 13.9. The van der Waals surface area contributed by atoms with Gasteiger partial charge in [0.05, 0.1) is 12.0 Å². The number of carbonyl (C=O) groups is 4. The number of hydrogen-bond acceptors (Lipinski definition) is 6. The van der Waals surface area contributed by atoms with Crippen LogP contribution in [0, 0.1) is 0 Å². The van der Waals surface area contributed by atoms with E-state index >= 15 is 0 Å². The Hall–Kier alpha value is -3.00. The number of primary amides is 1. The maximum Gasteiger partial charge on any atom is 0.307 e. The van der Waals surface area contributed by atoms with Crippen LogP contribution in [0.2, 0.25) is 0 Å². The zero-order valence-corrected chi connectivity index (χ0v) is 16.8. The monoisotopic (exact) mass is 414 g/mol. The summed E-state index contributed by atoms with van der Waals surface area (Å²) in [6.45, 7) is 1.44. The second kappa shape index (κ2) is 9.00. The Morgan fingerprint density at radius 3 is 2.55 bits per heavy atom. The van der Waals surface area contributed by atoms with Gasteiger partial charge < -0.3 is 15.8 Å². The number of nitrogens with two attached hydrogens (primary N) is 1. The van der Waals surface area contributed by atoms with E-state index in [2.05, 4.69) is 5.32 Å². The maximum atomic E-state index is 12.4. The summed E-state index contributed by atoms with van der Waals surface area (Å²) < 4.78 is 5.13. The first-order valence-electron chi connectivity index (χ1n) is 9.39. The molecule has 1 atom stereocenters. The third-order valence-corrected chi connectivity index (χ3v) is 5.94. The fourth-order valence-electron chi connectivity index (χ4n) is 3.26. The molecular formula is C21H22N2O5S. The molecular weight excluding hydrogens is 392 g/mol. The van der Waals surface area contributed by atoms with E-state index in [0.717, 1.165) is 29.7 Å². The third kappa shape index (κ3) is 4.89. The van der Waals surface area contributed by atoms with Crippen LogP contribution in [-0.2, 0) is 27.2 Å². The molecule has 1 aromatic carbocycles. The maximum absolute atomic E-state index is 12.4. The summed E-state index contributed by atoms with van der Waals surface area (Å²) in [4.78, 5) is 49.3. The Labute approximate surface area is 172 Å². The molecule has 1 heterocycles. The van der Waals surface area contributed by atoms with Crippen LogP contribution in [0.1, 0.15) is 57.3 Å². The lowest BCUT2D eigenvalue weighted by Gasteiger charge is -2.13. The van der Waals surface area contributed by atoms with E-state index in [4.69, 9.17) is 10.5 Å². The molecule has 1 aromatic heterocycles. The molecule has 1 aliphatic rings. The van der Waals surface area contributed by atoms with Crippen molar-refractivity contribution >= 4 is 39.9 Å². The molecule has 3 rings (SSSR count). The van der Waals surface area contributed by atoms with Gasteiger partial charge in [-0.05, 0) is 31.7 Å². The van der Waals surface area contributed by atoms with Crippen molar-refractivity contribution in [1.29, 1.82) is 0 Å². The highest BCUT2D eigenvalue weighted by Gasteiger charge is 2.27. The van der Waals surface area contributed by atoms with Crippen molar-refractivity contribution in [2.75, 3.05) is 5.32 Å². The molecule has 0 fully saturated rings. The number of thiophene rings is 1. The molecule has 0 spiro atoms. The van der Waals surface area contributed by atoms with Crippen LogP contribution >= 0.6 is 11.3 Å². The number of fused-ring (bicyclic) bond motifs is 1. The largest absolute Gasteiger partial charge is 0.453 e. The van der Waals surface area contributed by atoms with Gasteiger partial charge in [0.25, 0.3) is 11.8 Å². The smallest absolute Gasteiger partial charge is 0.307 e. The van der Waals surface area contributed by atoms with E-state index in [1.807, 2.05) is 0 Å². The van der Waals surface area contributed by atoms with Gasteiger partial charge >= 0.3 is 5.97 Å². The van der Waals surface area contributed by atoms with E-state index in [0.29, 0.717) is 16.1 Å². The molecule has 2 aromatic rings. The van der Waals surface area contributed by atoms with Crippen molar-refractivity contribution in [2.24, 2.45) is 5.73 Å². The van der Waals surface area contributed by atoms with Crippen molar-refractivity contribution in [3.63, 3.8) is 0 Å². The second-order valence-corrected chi connectivity index (χ2v) is 7.94. The van der Waals surface area contributed by atoms with E-state index in [1.54, 1.807) is 30.3 Å². The molecule has 0 saturated heterocycles. The number of amides is 2. The third-order valence-electron chi connectivity index (χ3n) is 4.73. The lowest BCUT2D eigenvalue weighted by molar-refractivity contribution is -0.153. The number of ketones is 1. The summed E-state index contributed by atoms with van der Waals surface area (Å²) in [7, 11) is 0. The second-order valence-electron chi connectivity index (χ2n) is 6.84. The summed E-state index contributed by atoms with van der Waals surface area (Å²) >= 11 is 1.34. The molecule has 1 aliphatic carbocycles. The van der Waals surface area contributed by atoms with Gasteiger partial charge in [-0.25, -0.2) is 0 Å². The molecule has 7 nitrogen and oxygen atoms in total. The summed E-state index contributed by atoms with van der Waals surface area (Å²) in [5.41, 5.74) is 7.26. The average molecular weight is 414 g/mol. The number of anilines is 1. The lowest BCUT2D eigenvalue weighted by atomic mass is 10.1. The topological polar surface area (TPSA) is 116 Å². The van der Waals surface area contributed by atoms with Crippen molar-refractivity contribution < 1.29 is 23.9 Å². The molecule has 0 radical (unpaired) electrons. The number of ether oxygens (including phenoxy) is 1. The van der Waals surface area contributed by atoms with Gasteiger partial charge in [0.15, 0.2) is 11.9 Å². The number of Topliss-reactive ketones (excluding diaryl/α,β-unsaturated/α-hetero) is 1. The lowest BCUT2D eigenvalue weighted by Crippen LogP contribution is -2.30. The van der Waals surface area contributed by atoms with Crippen molar-refractivity contribution in [3.8, 4) is 0 Å². The van der Waals surface area contributed by atoms with E-state index in [9.17, 15) is 19.2 Å². The number of rotatable bonds is 8. The molecule has 0 bridgehead atoms. The van der Waals surface area contributed by atoms with E-state index < -0.39 is 23.9 Å². The minimum absolute atomic E-state index is 0.000649. The highest BCUT2D eigenvalue weighted by molar-refractivity contribution is 7.17. The quantitative estimate of drug-likeness (QED) is 0.509. The van der Waals surface area contributed by atoms with Crippen molar-refractivity contribution in [3.05, 3.63) is 51.9 Å². The predicted octanol–water partition coefficient (Wildman–Crippen LogP) is 2.87. The van der Waals surface area contributed by atoms with Crippen LogP contribution in [0.3, 0.4) is 0 Å². The number of esters is 1. The number of nitrogens with one attached hydrogen (secondary N) is 1. The first-order valence-corrected chi connectivity index (χ1v) is 10.2. The summed E-state index contributed by atoms with van der Waals surface area (Å²) in [5.74, 6) is -1.93. The highest BCUT2D eigenvalue weighted by Crippen LogP contribution is 2.38. The zero-order valence-electron chi connectivity index (χ0n) is 16.0. The fourth-order valence-corrected chi connectivity index (χ4v) is 4.56. The van der Waals surface area contributed by atoms with Crippen LogP contribution in [-0.4, -0.2) is 29.7 Å². The number of benzene rings is 1. The van der Waals surface area contributed by atoms with E-state index in [1.165, 1.54) is 18.3 Å². The molecule has 29 heavy (non-hydrogen) atoms. The normalized spacial score (nSPS) is 13.4. The Balaban J connectivity index is 1.54. The van der Waals surface area contributed by atoms with Gasteiger partial charge in [0.2, 0.25) is 0 Å². The van der Waals surface area contributed by atoms with Gasteiger partial charge in [-0.3, -0.25) is 19.2 Å². The summed E-state index contributed by atoms with van der Waals surface area (Å²) in [5, 5.41) is 3.05. The fraction of sp³-hybridized carbons (Fsp3) is 0.333. The van der Waals surface area contributed by atoms with Crippen LogP contribution in [0.5, 0.6) is 0 Å². The predicted molar refractivity (Wildman–Crippen MR) is 109 cm³/mol. The molecule has 0 aliphatic heterocycles. The Morgan fingerprint density at radius 2 is 1.86 bits per heavy atom. The number of aryl methyl sites for hydroxylation is 1. The Kier molecular flexibility index (Phi) is 6.43. The molecule has 152 valence electrons. The summed E-state index contributed by atoms with van der Waals surface area (Å²) in [6, 6.07) is 8.66. The molecule has 2 amide bonds. The van der Waals surface area contributed by atoms with Gasteiger partial charge in [0, 0.05) is 16.9 Å². The van der Waals surface area contributed by atoms with Crippen LogP contribution in [0.25, 0.3) is 0 Å². The Morgan fingerprint density at radius 1 is 1.14 bits per heavy atom. The average Bonchev–Trinajstić information content (AvgIpc) is 3.27. The minimum atomic E-state index is -1.06. The van der Waals surface area contributed by atoms with Crippen LogP contribution in [0.15, 0.2) is 30.3 Å². The SMILES string of the molecule is C[C@@H](OC(=O)CCC(=O)c1ccccc1)C(=O)Nc1sc2c(c1C(N)=O)CCC2.